The lowest BCUT2D eigenvalue weighted by Gasteiger charge is -2.34. The van der Waals surface area contributed by atoms with Crippen LogP contribution in [0.3, 0.4) is 0 Å². The summed E-state index contributed by atoms with van der Waals surface area (Å²) in [6.07, 6.45) is 3.10. The third-order valence-electron chi connectivity index (χ3n) is 4.45. The first kappa shape index (κ1) is 14.5. The van der Waals surface area contributed by atoms with E-state index in [0.717, 1.165) is 31.4 Å². The minimum Gasteiger partial charge on any atom is -0.315 e. The maximum Gasteiger partial charge on any atom is 0.241 e. The van der Waals surface area contributed by atoms with E-state index >= 15 is 0 Å². The molecule has 2 atom stereocenters. The van der Waals surface area contributed by atoms with Crippen LogP contribution in [0.4, 0.5) is 0 Å². The van der Waals surface area contributed by atoms with E-state index in [-0.39, 0.29) is 16.9 Å². The quantitative estimate of drug-likeness (QED) is 0.875. The second-order valence-corrected chi connectivity index (χ2v) is 7.79. The van der Waals surface area contributed by atoms with Crippen LogP contribution in [0.5, 0.6) is 0 Å². The molecule has 1 aliphatic heterocycles. The van der Waals surface area contributed by atoms with E-state index in [2.05, 4.69) is 10.0 Å². The SMILES string of the molecule is N#CCc1cccc(S(=O)(=O)NC23CCC(CNC2)C3)c1. The highest BCUT2D eigenvalue weighted by molar-refractivity contribution is 7.89. The second-order valence-electron chi connectivity index (χ2n) is 6.11. The molecule has 2 unspecified atom stereocenters. The van der Waals surface area contributed by atoms with Crippen LogP contribution in [0.25, 0.3) is 0 Å². The van der Waals surface area contributed by atoms with E-state index in [9.17, 15) is 8.42 Å². The van der Waals surface area contributed by atoms with Crippen molar-refractivity contribution in [2.24, 2.45) is 5.92 Å². The van der Waals surface area contributed by atoms with Crippen molar-refractivity contribution in [2.75, 3.05) is 13.1 Å². The van der Waals surface area contributed by atoms with Crippen molar-refractivity contribution in [3.05, 3.63) is 29.8 Å². The zero-order valence-electron chi connectivity index (χ0n) is 11.8. The first-order valence-corrected chi connectivity index (χ1v) is 8.72. The fourth-order valence-corrected chi connectivity index (χ4v) is 4.98. The van der Waals surface area contributed by atoms with Crippen LogP contribution in [0.15, 0.2) is 29.2 Å². The molecule has 5 nitrogen and oxygen atoms in total. The number of hydrogen-bond donors (Lipinski definition) is 2. The summed E-state index contributed by atoms with van der Waals surface area (Å²) in [4.78, 5) is 0.249. The molecule has 0 aromatic heterocycles. The van der Waals surface area contributed by atoms with Crippen LogP contribution in [-0.4, -0.2) is 27.0 Å². The summed E-state index contributed by atoms with van der Waals surface area (Å²) >= 11 is 0. The van der Waals surface area contributed by atoms with Crippen LogP contribution < -0.4 is 10.0 Å². The van der Waals surface area contributed by atoms with Crippen molar-refractivity contribution in [1.82, 2.24) is 10.0 Å². The van der Waals surface area contributed by atoms with Crippen molar-refractivity contribution in [3.63, 3.8) is 0 Å². The zero-order chi connectivity index (χ0) is 14.9. The van der Waals surface area contributed by atoms with E-state index < -0.39 is 10.0 Å². The number of nitrogens with zero attached hydrogens (tertiary/aromatic N) is 1. The molecule has 2 aliphatic rings. The number of hydrogen-bond acceptors (Lipinski definition) is 4. The molecule has 1 aliphatic carbocycles. The standard InChI is InChI=1S/C15H19N3O2S/c16-7-5-12-2-1-3-14(8-12)21(19,20)18-15-6-4-13(9-15)10-17-11-15/h1-3,8,13,17-18H,4-6,9-11H2. The van der Waals surface area contributed by atoms with Gasteiger partial charge in [-0.15, -0.1) is 0 Å². The summed E-state index contributed by atoms with van der Waals surface area (Å²) in [5.74, 6) is 0.575. The summed E-state index contributed by atoms with van der Waals surface area (Å²) in [5.41, 5.74) is 0.386. The monoisotopic (exact) mass is 305 g/mol. The molecule has 2 fully saturated rings. The molecule has 1 saturated heterocycles. The van der Waals surface area contributed by atoms with Gasteiger partial charge in [0.2, 0.25) is 10.0 Å². The molecule has 21 heavy (non-hydrogen) atoms. The van der Waals surface area contributed by atoms with Gasteiger partial charge in [0.05, 0.1) is 17.4 Å². The number of nitrogens with one attached hydrogen (secondary N) is 2. The summed E-state index contributed by atoms with van der Waals surface area (Å²) in [5, 5.41) is 12.1. The summed E-state index contributed by atoms with van der Waals surface area (Å²) < 4.78 is 28.1. The molecule has 2 N–H and O–H groups in total. The Kier molecular flexibility index (Phi) is 3.74. The molecule has 1 aromatic carbocycles. The highest BCUT2D eigenvalue weighted by Gasteiger charge is 2.44. The molecule has 1 saturated carbocycles. The number of sulfonamides is 1. The largest absolute Gasteiger partial charge is 0.315 e. The summed E-state index contributed by atoms with van der Waals surface area (Å²) in [6, 6.07) is 8.68. The van der Waals surface area contributed by atoms with Crippen molar-refractivity contribution in [2.45, 2.75) is 36.1 Å². The average molecular weight is 305 g/mol. The van der Waals surface area contributed by atoms with Crippen molar-refractivity contribution in [3.8, 4) is 6.07 Å². The van der Waals surface area contributed by atoms with E-state index in [1.54, 1.807) is 24.3 Å². The fraction of sp³-hybridized carbons (Fsp3) is 0.533. The minimum atomic E-state index is -3.54. The van der Waals surface area contributed by atoms with Gasteiger partial charge in [0.15, 0.2) is 0 Å². The number of nitriles is 1. The molecule has 1 heterocycles. The number of fused-ring (bicyclic) bond motifs is 2. The molecule has 2 bridgehead atoms. The molecule has 0 amide bonds. The third-order valence-corrected chi connectivity index (χ3v) is 6.03. The molecular formula is C15H19N3O2S. The van der Waals surface area contributed by atoms with E-state index in [1.165, 1.54) is 0 Å². The first-order chi connectivity index (χ1) is 10.0. The average Bonchev–Trinajstić information content (AvgIpc) is 2.73. The van der Waals surface area contributed by atoms with Crippen LogP contribution >= 0.6 is 0 Å². The number of rotatable bonds is 4. The van der Waals surface area contributed by atoms with Gasteiger partial charge in [-0.2, -0.15) is 5.26 Å². The number of piperidine rings is 1. The maximum absolute atomic E-state index is 12.6. The maximum atomic E-state index is 12.6. The Balaban J connectivity index is 1.84. The van der Waals surface area contributed by atoms with Gasteiger partial charge in [-0.05, 0) is 49.4 Å². The van der Waals surface area contributed by atoms with E-state index in [1.807, 2.05) is 6.07 Å². The van der Waals surface area contributed by atoms with Gasteiger partial charge >= 0.3 is 0 Å². The minimum absolute atomic E-state index is 0.220. The van der Waals surface area contributed by atoms with Gasteiger partial charge in [0.25, 0.3) is 0 Å². The lowest BCUT2D eigenvalue weighted by molar-refractivity contribution is 0.303. The molecule has 0 radical (unpaired) electrons. The van der Waals surface area contributed by atoms with Crippen molar-refractivity contribution in [1.29, 1.82) is 5.26 Å². The number of benzene rings is 1. The van der Waals surface area contributed by atoms with Gasteiger partial charge in [-0.1, -0.05) is 12.1 Å². The second kappa shape index (κ2) is 5.41. The van der Waals surface area contributed by atoms with Crippen molar-refractivity contribution >= 4 is 10.0 Å². The van der Waals surface area contributed by atoms with Gasteiger partial charge in [-0.3, -0.25) is 0 Å². The van der Waals surface area contributed by atoms with E-state index in [0.29, 0.717) is 12.5 Å². The Morgan fingerprint density at radius 3 is 3.14 bits per heavy atom. The smallest absolute Gasteiger partial charge is 0.241 e. The lowest BCUT2D eigenvalue weighted by Crippen LogP contribution is -2.55. The Labute approximate surface area is 125 Å². The van der Waals surface area contributed by atoms with Gasteiger partial charge in [0, 0.05) is 12.1 Å². The Morgan fingerprint density at radius 1 is 1.48 bits per heavy atom. The summed E-state index contributed by atoms with van der Waals surface area (Å²) in [6.45, 7) is 1.68. The van der Waals surface area contributed by atoms with Gasteiger partial charge in [0.1, 0.15) is 0 Å². The Morgan fingerprint density at radius 2 is 2.33 bits per heavy atom. The third kappa shape index (κ3) is 2.95. The molecular weight excluding hydrogens is 286 g/mol. The molecule has 6 heteroatoms. The molecule has 0 spiro atoms. The predicted molar refractivity (Wildman–Crippen MR) is 79.0 cm³/mol. The highest BCUT2D eigenvalue weighted by Crippen LogP contribution is 2.37. The van der Waals surface area contributed by atoms with Crippen LogP contribution in [0.2, 0.25) is 0 Å². The van der Waals surface area contributed by atoms with Crippen LogP contribution in [-0.2, 0) is 16.4 Å². The topological polar surface area (TPSA) is 82.0 Å². The van der Waals surface area contributed by atoms with Crippen molar-refractivity contribution < 1.29 is 8.42 Å². The normalized spacial score (nSPS) is 28.2. The zero-order valence-corrected chi connectivity index (χ0v) is 12.6. The predicted octanol–water partition coefficient (Wildman–Crippen LogP) is 1.17. The fourth-order valence-electron chi connectivity index (χ4n) is 3.47. The molecule has 112 valence electrons. The summed E-state index contributed by atoms with van der Waals surface area (Å²) in [7, 11) is -3.54. The Bertz CT molecular complexity index is 676. The van der Waals surface area contributed by atoms with Crippen LogP contribution in [0.1, 0.15) is 24.8 Å². The Hall–Kier alpha value is -1.42. The van der Waals surface area contributed by atoms with Crippen LogP contribution in [0, 0.1) is 17.2 Å². The first-order valence-electron chi connectivity index (χ1n) is 7.24. The molecule has 3 rings (SSSR count). The highest BCUT2D eigenvalue weighted by atomic mass is 32.2. The molecule has 1 aromatic rings. The lowest BCUT2D eigenvalue weighted by atomic mass is 9.94. The van der Waals surface area contributed by atoms with E-state index in [4.69, 9.17) is 5.26 Å². The van der Waals surface area contributed by atoms with Gasteiger partial charge < -0.3 is 5.32 Å². The van der Waals surface area contributed by atoms with Gasteiger partial charge in [-0.25, -0.2) is 13.1 Å².